The summed E-state index contributed by atoms with van der Waals surface area (Å²) in [6, 6.07) is 19.5. The molecule has 1 saturated heterocycles. The fourth-order valence-corrected chi connectivity index (χ4v) is 2.92. The molecule has 0 N–H and O–H groups in total. The van der Waals surface area contributed by atoms with E-state index in [1.165, 1.54) is 35.6 Å². The standard InChI is InChI=1S/C16H14N/c1-2-6-13(7-3-1)16-12-14-8-4-5-9-15(14)17(16)10-11-17/h1-9,12H,10-11H2/q+1. The van der Waals surface area contributed by atoms with Gasteiger partial charge >= 0.3 is 0 Å². The molecule has 0 unspecified atom stereocenters. The van der Waals surface area contributed by atoms with Gasteiger partial charge in [0, 0.05) is 23.3 Å². The quantitative estimate of drug-likeness (QED) is 0.509. The zero-order valence-corrected chi connectivity index (χ0v) is 9.63. The van der Waals surface area contributed by atoms with Crippen molar-refractivity contribution in [3.63, 3.8) is 0 Å². The maximum atomic E-state index is 2.36. The summed E-state index contributed by atoms with van der Waals surface area (Å²) in [5.74, 6) is 0. The van der Waals surface area contributed by atoms with E-state index in [9.17, 15) is 0 Å². The van der Waals surface area contributed by atoms with E-state index in [2.05, 4.69) is 60.7 Å². The lowest BCUT2D eigenvalue weighted by atomic mass is 10.1. The summed E-state index contributed by atoms with van der Waals surface area (Å²) in [5.41, 5.74) is 5.70. The molecule has 0 saturated carbocycles. The highest BCUT2D eigenvalue weighted by molar-refractivity contribution is 5.98. The van der Waals surface area contributed by atoms with Crippen LogP contribution >= 0.6 is 0 Å². The molecule has 0 aromatic heterocycles. The summed E-state index contributed by atoms with van der Waals surface area (Å²) < 4.78 is 1.07. The van der Waals surface area contributed by atoms with Crippen molar-refractivity contribution in [3.8, 4) is 0 Å². The smallest absolute Gasteiger partial charge is 0.146 e. The Bertz CT molecular complexity index is 606. The summed E-state index contributed by atoms with van der Waals surface area (Å²) in [5, 5.41) is 0. The largest absolute Gasteiger partial charge is 0.248 e. The Morgan fingerprint density at radius 3 is 2.24 bits per heavy atom. The van der Waals surface area contributed by atoms with Crippen LogP contribution in [0.5, 0.6) is 0 Å². The lowest BCUT2D eigenvalue weighted by Crippen LogP contribution is -2.20. The molecule has 0 bridgehead atoms. The minimum absolute atomic E-state index is 1.07. The van der Waals surface area contributed by atoms with Crippen molar-refractivity contribution in [1.82, 2.24) is 4.48 Å². The first-order valence-electron chi connectivity index (χ1n) is 6.15. The van der Waals surface area contributed by atoms with Crippen LogP contribution in [0.2, 0.25) is 0 Å². The molecule has 2 heterocycles. The number of fused-ring (bicyclic) bond motifs is 2. The molecular formula is C16H14N+. The molecule has 1 fully saturated rings. The molecule has 1 spiro atoms. The molecule has 17 heavy (non-hydrogen) atoms. The van der Waals surface area contributed by atoms with Crippen LogP contribution in [-0.2, 0) is 0 Å². The van der Waals surface area contributed by atoms with Gasteiger partial charge in [0.05, 0.1) is 0 Å². The van der Waals surface area contributed by atoms with E-state index >= 15 is 0 Å². The maximum Gasteiger partial charge on any atom is 0.146 e. The third kappa shape index (κ3) is 1.17. The van der Waals surface area contributed by atoms with E-state index < -0.39 is 0 Å². The Labute approximate surface area is 101 Å². The fourth-order valence-electron chi connectivity index (χ4n) is 2.92. The highest BCUT2D eigenvalue weighted by atomic mass is 15.5. The van der Waals surface area contributed by atoms with Crippen LogP contribution in [0.4, 0.5) is 5.69 Å². The van der Waals surface area contributed by atoms with E-state index in [4.69, 9.17) is 0 Å². The number of rotatable bonds is 1. The second-order valence-electron chi connectivity index (χ2n) is 4.87. The number of para-hydroxylation sites is 1. The van der Waals surface area contributed by atoms with Crippen LogP contribution in [0.1, 0.15) is 11.1 Å². The van der Waals surface area contributed by atoms with Gasteiger partial charge in [-0.05, 0) is 18.2 Å². The van der Waals surface area contributed by atoms with E-state index in [0.29, 0.717) is 0 Å². The number of hydrogen-bond donors (Lipinski definition) is 0. The van der Waals surface area contributed by atoms with Gasteiger partial charge in [0.25, 0.3) is 0 Å². The molecule has 2 aliphatic heterocycles. The first-order chi connectivity index (χ1) is 8.40. The second kappa shape index (κ2) is 3.08. The van der Waals surface area contributed by atoms with Crippen molar-refractivity contribution in [3.05, 3.63) is 65.7 Å². The van der Waals surface area contributed by atoms with Gasteiger partial charge in [-0.3, -0.25) is 0 Å². The van der Waals surface area contributed by atoms with Crippen LogP contribution in [0.3, 0.4) is 0 Å². The molecule has 2 aliphatic rings. The maximum absolute atomic E-state index is 2.36. The van der Waals surface area contributed by atoms with Gasteiger partial charge in [-0.2, -0.15) is 0 Å². The number of nitrogens with zero attached hydrogens (tertiary/aromatic N) is 1. The summed E-state index contributed by atoms with van der Waals surface area (Å²) in [7, 11) is 0. The lowest BCUT2D eigenvalue weighted by Gasteiger charge is -2.16. The molecule has 0 amide bonds. The Morgan fingerprint density at radius 2 is 1.47 bits per heavy atom. The van der Waals surface area contributed by atoms with Gasteiger partial charge < -0.3 is 0 Å². The van der Waals surface area contributed by atoms with Crippen LogP contribution in [0.15, 0.2) is 54.6 Å². The molecule has 0 radical (unpaired) electrons. The number of benzene rings is 2. The normalized spacial score (nSPS) is 18.9. The zero-order chi connectivity index (χ0) is 11.3. The van der Waals surface area contributed by atoms with Crippen molar-refractivity contribution in [1.29, 1.82) is 0 Å². The second-order valence-corrected chi connectivity index (χ2v) is 4.87. The number of hydrogen-bond acceptors (Lipinski definition) is 0. The van der Waals surface area contributed by atoms with E-state index in [1.807, 2.05) is 0 Å². The fraction of sp³-hybridized carbons (Fsp3) is 0.125. The molecule has 0 atom stereocenters. The predicted octanol–water partition coefficient (Wildman–Crippen LogP) is 3.52. The van der Waals surface area contributed by atoms with E-state index in [-0.39, 0.29) is 0 Å². The minimum Gasteiger partial charge on any atom is -0.248 e. The van der Waals surface area contributed by atoms with Crippen LogP contribution in [0.25, 0.3) is 11.8 Å². The van der Waals surface area contributed by atoms with Gasteiger partial charge in [-0.25, -0.2) is 4.48 Å². The Kier molecular flexibility index (Phi) is 1.67. The van der Waals surface area contributed by atoms with Crippen molar-refractivity contribution in [2.45, 2.75) is 0 Å². The van der Waals surface area contributed by atoms with E-state index in [0.717, 1.165) is 4.48 Å². The average Bonchev–Trinajstić information content (AvgIpc) is 3.11. The summed E-state index contributed by atoms with van der Waals surface area (Å²) in [4.78, 5) is 0. The van der Waals surface area contributed by atoms with Crippen LogP contribution in [0, 0.1) is 0 Å². The minimum atomic E-state index is 1.07. The molecule has 2 aromatic carbocycles. The first-order valence-corrected chi connectivity index (χ1v) is 6.15. The monoisotopic (exact) mass is 220 g/mol. The lowest BCUT2D eigenvalue weighted by molar-refractivity contribution is 0.769. The Balaban J connectivity index is 1.91. The van der Waals surface area contributed by atoms with Crippen molar-refractivity contribution in [2.24, 2.45) is 0 Å². The SMILES string of the molecule is C1=C(c2ccccc2)[N+]2(CC2)c2ccccc21. The zero-order valence-electron chi connectivity index (χ0n) is 9.63. The van der Waals surface area contributed by atoms with Gasteiger partial charge in [-0.15, -0.1) is 0 Å². The van der Waals surface area contributed by atoms with E-state index in [1.54, 1.807) is 0 Å². The average molecular weight is 220 g/mol. The Morgan fingerprint density at radius 1 is 0.765 bits per heavy atom. The topological polar surface area (TPSA) is 0 Å². The highest BCUT2D eigenvalue weighted by Gasteiger charge is 2.53. The van der Waals surface area contributed by atoms with Crippen molar-refractivity contribution in [2.75, 3.05) is 13.1 Å². The molecule has 1 nitrogen and oxygen atoms in total. The number of quaternary nitrogens is 1. The molecule has 2 aromatic rings. The van der Waals surface area contributed by atoms with Gasteiger partial charge in [0.15, 0.2) is 0 Å². The van der Waals surface area contributed by atoms with Crippen molar-refractivity contribution >= 4 is 17.5 Å². The summed E-state index contributed by atoms with van der Waals surface area (Å²) >= 11 is 0. The third-order valence-electron chi connectivity index (χ3n) is 3.89. The van der Waals surface area contributed by atoms with Crippen LogP contribution < -0.4 is 4.48 Å². The molecule has 0 aliphatic carbocycles. The molecular weight excluding hydrogens is 206 g/mol. The highest BCUT2D eigenvalue weighted by Crippen LogP contribution is 2.50. The van der Waals surface area contributed by atoms with Gasteiger partial charge in [0.1, 0.15) is 24.5 Å². The first kappa shape index (κ1) is 9.20. The van der Waals surface area contributed by atoms with Crippen LogP contribution in [-0.4, -0.2) is 13.1 Å². The van der Waals surface area contributed by atoms with Gasteiger partial charge in [-0.1, -0.05) is 30.3 Å². The summed E-state index contributed by atoms with van der Waals surface area (Å²) in [6.07, 6.45) is 2.36. The summed E-state index contributed by atoms with van der Waals surface area (Å²) in [6.45, 7) is 2.50. The Hall–Kier alpha value is -1.86. The molecule has 1 heteroatoms. The molecule has 4 rings (SSSR count). The molecule has 82 valence electrons. The van der Waals surface area contributed by atoms with Gasteiger partial charge in [0.2, 0.25) is 0 Å². The predicted molar refractivity (Wildman–Crippen MR) is 72.3 cm³/mol. The van der Waals surface area contributed by atoms with Crippen molar-refractivity contribution < 1.29 is 0 Å². The third-order valence-corrected chi connectivity index (χ3v) is 3.89.